The number of amides is 4. The number of aromatic nitrogens is 2. The second-order valence-corrected chi connectivity index (χ2v) is 14.2. The smallest absolute Gasteiger partial charge is 0.256 e. The molecule has 10 heteroatoms. The minimum atomic E-state index is -0.529. The SMILES string of the molecule is Cn1cc(C(=O)N2CCC[C@H]2C(=O)Nc2ccc(/C=C/c3ccc(NC(=O)[C@@H]4CCCN4C(=O)c4cn(C)c5ccccc45)cc3)cc2)c2ccccc21. The van der Waals surface area contributed by atoms with E-state index in [1.807, 2.05) is 145 Å². The van der Waals surface area contributed by atoms with Crippen molar-refractivity contribution in [2.45, 2.75) is 37.8 Å². The highest BCUT2D eigenvalue weighted by atomic mass is 16.2. The van der Waals surface area contributed by atoms with Gasteiger partial charge in [-0.2, -0.15) is 0 Å². The summed E-state index contributed by atoms with van der Waals surface area (Å²) in [6, 6.07) is 29.7. The summed E-state index contributed by atoms with van der Waals surface area (Å²) in [5.74, 6) is -0.614. The Morgan fingerprint density at radius 2 is 0.944 bits per heavy atom. The summed E-state index contributed by atoms with van der Waals surface area (Å²) in [7, 11) is 3.85. The molecule has 2 aliphatic heterocycles. The number of likely N-dealkylation sites (tertiary alicyclic amines) is 2. The molecule has 54 heavy (non-hydrogen) atoms. The number of anilines is 2. The highest BCUT2D eigenvalue weighted by Crippen LogP contribution is 2.29. The molecule has 0 bridgehead atoms. The highest BCUT2D eigenvalue weighted by molar-refractivity contribution is 6.10. The van der Waals surface area contributed by atoms with Crippen LogP contribution in [0.25, 0.3) is 34.0 Å². The maximum Gasteiger partial charge on any atom is 0.256 e. The molecule has 272 valence electrons. The van der Waals surface area contributed by atoms with Crippen molar-refractivity contribution in [1.82, 2.24) is 18.9 Å². The average Bonchev–Trinajstić information content (AvgIpc) is 4.01. The number of hydrogen-bond donors (Lipinski definition) is 2. The van der Waals surface area contributed by atoms with E-state index in [0.717, 1.165) is 45.8 Å². The molecule has 4 amide bonds. The number of hydrogen-bond acceptors (Lipinski definition) is 4. The lowest BCUT2D eigenvalue weighted by Gasteiger charge is -2.24. The number of nitrogens with one attached hydrogen (secondary N) is 2. The molecule has 2 saturated heterocycles. The zero-order chi connectivity index (χ0) is 37.3. The molecular weight excluding hydrogens is 677 g/mol. The lowest BCUT2D eigenvalue weighted by atomic mass is 10.1. The van der Waals surface area contributed by atoms with Crippen LogP contribution in [0.15, 0.2) is 109 Å². The molecule has 2 aromatic heterocycles. The fourth-order valence-electron chi connectivity index (χ4n) is 7.90. The van der Waals surface area contributed by atoms with E-state index in [9.17, 15) is 19.2 Å². The van der Waals surface area contributed by atoms with Gasteiger partial charge in [-0.1, -0.05) is 72.8 Å². The zero-order valence-corrected chi connectivity index (χ0v) is 30.4. The van der Waals surface area contributed by atoms with Crippen LogP contribution in [0.2, 0.25) is 0 Å². The third-order valence-electron chi connectivity index (χ3n) is 10.7. The number of fused-ring (bicyclic) bond motifs is 2. The summed E-state index contributed by atoms with van der Waals surface area (Å²) >= 11 is 0. The van der Waals surface area contributed by atoms with Gasteiger partial charge in [0, 0.05) is 72.8 Å². The van der Waals surface area contributed by atoms with Crippen molar-refractivity contribution < 1.29 is 19.2 Å². The Kier molecular flexibility index (Phi) is 9.33. The van der Waals surface area contributed by atoms with E-state index in [4.69, 9.17) is 0 Å². The second-order valence-electron chi connectivity index (χ2n) is 14.2. The maximum absolute atomic E-state index is 13.6. The quantitative estimate of drug-likeness (QED) is 0.161. The summed E-state index contributed by atoms with van der Waals surface area (Å²) in [6.07, 6.45) is 10.5. The number of para-hydroxylation sites is 2. The van der Waals surface area contributed by atoms with Gasteiger partial charge in [0.15, 0.2) is 0 Å². The van der Waals surface area contributed by atoms with Crippen LogP contribution >= 0.6 is 0 Å². The van der Waals surface area contributed by atoms with E-state index in [-0.39, 0.29) is 23.6 Å². The van der Waals surface area contributed by atoms with Crippen LogP contribution < -0.4 is 10.6 Å². The van der Waals surface area contributed by atoms with Crippen LogP contribution in [0.4, 0.5) is 11.4 Å². The summed E-state index contributed by atoms with van der Waals surface area (Å²) < 4.78 is 3.89. The van der Waals surface area contributed by atoms with Gasteiger partial charge >= 0.3 is 0 Å². The molecular formula is C44H42N6O4. The molecule has 8 rings (SSSR count). The van der Waals surface area contributed by atoms with E-state index in [0.29, 0.717) is 48.4 Å². The Labute approximate surface area is 313 Å². The highest BCUT2D eigenvalue weighted by Gasteiger charge is 2.37. The molecule has 2 fully saturated rings. The van der Waals surface area contributed by atoms with Crippen LogP contribution in [0.5, 0.6) is 0 Å². The van der Waals surface area contributed by atoms with Gasteiger partial charge < -0.3 is 29.6 Å². The first-order valence-corrected chi connectivity index (χ1v) is 18.4. The third-order valence-corrected chi connectivity index (χ3v) is 10.7. The van der Waals surface area contributed by atoms with Crippen molar-refractivity contribution in [3.63, 3.8) is 0 Å². The number of benzene rings is 4. The predicted octanol–water partition coefficient (Wildman–Crippen LogP) is 7.33. The van der Waals surface area contributed by atoms with Crippen molar-refractivity contribution in [3.8, 4) is 0 Å². The molecule has 4 heterocycles. The van der Waals surface area contributed by atoms with Gasteiger partial charge in [-0.25, -0.2) is 0 Å². The van der Waals surface area contributed by atoms with Gasteiger partial charge in [-0.3, -0.25) is 19.2 Å². The summed E-state index contributed by atoms with van der Waals surface area (Å²) in [5.41, 5.74) is 6.44. The second kappa shape index (κ2) is 14.5. The fraction of sp³-hybridized carbons (Fsp3) is 0.227. The molecule has 0 aliphatic carbocycles. The molecule has 6 aromatic rings. The molecule has 2 N–H and O–H groups in total. The normalized spacial score (nSPS) is 17.1. The number of aryl methyl sites for hydroxylation is 2. The van der Waals surface area contributed by atoms with Crippen molar-refractivity contribution in [3.05, 3.63) is 132 Å². The summed E-state index contributed by atoms with van der Waals surface area (Å²) in [4.78, 5) is 57.3. The lowest BCUT2D eigenvalue weighted by Crippen LogP contribution is -2.43. The first-order chi connectivity index (χ1) is 26.2. The van der Waals surface area contributed by atoms with Crippen molar-refractivity contribution in [2.24, 2.45) is 14.1 Å². The van der Waals surface area contributed by atoms with Gasteiger partial charge in [0.05, 0.1) is 11.1 Å². The van der Waals surface area contributed by atoms with Gasteiger partial charge in [0.2, 0.25) is 11.8 Å². The molecule has 0 unspecified atom stereocenters. The van der Waals surface area contributed by atoms with Crippen molar-refractivity contribution in [2.75, 3.05) is 23.7 Å². The topological polar surface area (TPSA) is 109 Å². The largest absolute Gasteiger partial charge is 0.350 e. The zero-order valence-electron chi connectivity index (χ0n) is 30.4. The van der Waals surface area contributed by atoms with Gasteiger partial charge in [-0.15, -0.1) is 0 Å². The molecule has 0 radical (unpaired) electrons. The standard InChI is InChI=1S/C44H42N6O4/c1-47-27-35(33-9-3-5-11-37(33)47)43(53)49-25-7-13-39(49)41(51)45-31-21-17-29(18-22-31)15-16-30-19-23-32(24-20-30)46-42(52)40-14-8-26-50(40)44(54)36-28-48(2)38-12-6-4-10-34(36)38/h3-6,9-12,15-24,27-28,39-40H,7-8,13-14,25-26H2,1-2H3,(H,45,51)(H,46,52)/b16-15+/t39-,40-/m0/s1. The van der Waals surface area contributed by atoms with Gasteiger partial charge in [-0.05, 0) is 73.2 Å². The Balaban J connectivity index is 0.858. The Morgan fingerprint density at radius 3 is 1.35 bits per heavy atom. The lowest BCUT2D eigenvalue weighted by molar-refractivity contribution is -0.120. The fourth-order valence-corrected chi connectivity index (χ4v) is 7.90. The number of nitrogens with zero attached hydrogens (tertiary/aromatic N) is 4. The molecule has 2 atom stereocenters. The van der Waals surface area contributed by atoms with E-state index in [2.05, 4.69) is 10.6 Å². The van der Waals surface area contributed by atoms with Crippen LogP contribution in [0.3, 0.4) is 0 Å². The number of carbonyl (C=O) groups excluding carboxylic acids is 4. The minimum absolute atomic E-state index is 0.120. The third kappa shape index (κ3) is 6.67. The summed E-state index contributed by atoms with van der Waals surface area (Å²) in [5, 5.41) is 7.80. The predicted molar refractivity (Wildman–Crippen MR) is 213 cm³/mol. The maximum atomic E-state index is 13.6. The van der Waals surface area contributed by atoms with Gasteiger partial charge in [0.25, 0.3) is 11.8 Å². The summed E-state index contributed by atoms with van der Waals surface area (Å²) in [6.45, 7) is 1.09. The van der Waals surface area contributed by atoms with Crippen molar-refractivity contribution >= 4 is 69.0 Å². The molecule has 2 aliphatic rings. The molecule has 0 saturated carbocycles. The number of carbonyl (C=O) groups is 4. The van der Waals surface area contributed by atoms with Crippen LogP contribution in [-0.4, -0.2) is 67.7 Å². The Bertz CT molecular complexity index is 2250. The van der Waals surface area contributed by atoms with Gasteiger partial charge in [0.1, 0.15) is 12.1 Å². The van der Waals surface area contributed by atoms with E-state index in [1.165, 1.54) is 0 Å². The molecule has 10 nitrogen and oxygen atoms in total. The van der Waals surface area contributed by atoms with Crippen LogP contribution in [0, 0.1) is 0 Å². The minimum Gasteiger partial charge on any atom is -0.350 e. The van der Waals surface area contributed by atoms with Crippen molar-refractivity contribution in [1.29, 1.82) is 0 Å². The Morgan fingerprint density at radius 1 is 0.556 bits per heavy atom. The van der Waals surface area contributed by atoms with E-state index >= 15 is 0 Å². The first kappa shape index (κ1) is 34.7. The van der Waals surface area contributed by atoms with Crippen LogP contribution in [-0.2, 0) is 23.7 Å². The average molecular weight is 719 g/mol. The Hall–Kier alpha value is -6.42. The van der Waals surface area contributed by atoms with E-state index in [1.54, 1.807) is 9.80 Å². The monoisotopic (exact) mass is 718 g/mol. The first-order valence-electron chi connectivity index (χ1n) is 18.4. The van der Waals surface area contributed by atoms with E-state index < -0.39 is 12.1 Å². The van der Waals surface area contributed by atoms with Crippen LogP contribution in [0.1, 0.15) is 57.5 Å². The molecule has 4 aromatic carbocycles. The molecule has 0 spiro atoms. The number of rotatable bonds is 8.